The van der Waals surface area contributed by atoms with E-state index < -0.39 is 0 Å². The minimum Gasteiger partial charge on any atom is -0.382 e. The van der Waals surface area contributed by atoms with E-state index in [1.807, 2.05) is 0 Å². The van der Waals surface area contributed by atoms with Crippen LogP contribution in [0, 0.1) is 6.92 Å². The van der Waals surface area contributed by atoms with E-state index in [0.717, 1.165) is 30.2 Å². The molecule has 19 heavy (non-hydrogen) atoms. The molecule has 0 unspecified atom stereocenters. The Morgan fingerprint density at radius 3 is 3.00 bits per heavy atom. The van der Waals surface area contributed by atoms with E-state index in [9.17, 15) is 0 Å². The first-order chi connectivity index (χ1) is 9.29. The van der Waals surface area contributed by atoms with E-state index >= 15 is 0 Å². The smallest absolute Gasteiger partial charge is 0.183 e. The fourth-order valence-corrected chi connectivity index (χ4v) is 2.71. The van der Waals surface area contributed by atoms with Gasteiger partial charge in [-0.05, 0) is 31.0 Å². The first kappa shape index (κ1) is 14.2. The maximum Gasteiger partial charge on any atom is 0.183 e. The van der Waals surface area contributed by atoms with Crippen molar-refractivity contribution in [2.75, 3.05) is 38.8 Å². The second-order valence-corrected chi connectivity index (χ2v) is 5.41. The fraction of sp³-hybridized carbons (Fsp3) is 0.500. The van der Waals surface area contributed by atoms with Crippen LogP contribution in [-0.4, -0.2) is 38.5 Å². The highest BCUT2D eigenvalue weighted by Crippen LogP contribution is 2.26. The maximum atomic E-state index is 5.40. The zero-order valence-corrected chi connectivity index (χ0v) is 12.3. The molecule has 0 saturated carbocycles. The molecule has 0 bridgehead atoms. The van der Waals surface area contributed by atoms with E-state index in [4.69, 9.17) is 9.47 Å². The van der Waals surface area contributed by atoms with Gasteiger partial charge < -0.3 is 14.8 Å². The van der Waals surface area contributed by atoms with Gasteiger partial charge in [-0.3, -0.25) is 0 Å². The zero-order chi connectivity index (χ0) is 13.5. The van der Waals surface area contributed by atoms with Gasteiger partial charge >= 0.3 is 0 Å². The van der Waals surface area contributed by atoms with Crippen LogP contribution in [-0.2, 0) is 9.47 Å². The summed E-state index contributed by atoms with van der Waals surface area (Å²) < 4.78 is 11.6. The first-order valence-electron chi connectivity index (χ1n) is 6.47. The third kappa shape index (κ3) is 4.45. The predicted molar refractivity (Wildman–Crippen MR) is 80.2 cm³/mol. The topological polar surface area (TPSA) is 43.4 Å². The van der Waals surface area contributed by atoms with E-state index in [1.54, 1.807) is 18.4 Å². The molecule has 104 valence electrons. The van der Waals surface area contributed by atoms with Crippen LogP contribution < -0.4 is 5.32 Å². The number of nitrogens with zero attached hydrogens (tertiary/aromatic N) is 1. The summed E-state index contributed by atoms with van der Waals surface area (Å²) in [6, 6.07) is 6.34. The largest absolute Gasteiger partial charge is 0.382 e. The Balaban J connectivity index is 1.72. The summed E-state index contributed by atoms with van der Waals surface area (Å²) in [6.45, 7) is 5.05. The Labute approximate surface area is 117 Å². The number of hydrogen-bond donors (Lipinski definition) is 1. The Morgan fingerprint density at radius 1 is 1.26 bits per heavy atom. The fourth-order valence-electron chi connectivity index (χ4n) is 1.72. The normalized spacial score (nSPS) is 11.1. The number of aryl methyl sites for hydroxylation is 1. The van der Waals surface area contributed by atoms with Crippen molar-refractivity contribution < 1.29 is 9.47 Å². The van der Waals surface area contributed by atoms with Gasteiger partial charge in [-0.15, -0.1) is 0 Å². The Hall–Kier alpha value is -1.17. The number of hydrogen-bond acceptors (Lipinski definition) is 5. The molecule has 1 N–H and O–H groups in total. The lowest BCUT2D eigenvalue weighted by atomic mass is 10.2. The van der Waals surface area contributed by atoms with Crippen molar-refractivity contribution >= 4 is 26.7 Å². The molecule has 1 heterocycles. The molecule has 5 heteroatoms. The Morgan fingerprint density at radius 2 is 2.16 bits per heavy atom. The first-order valence-corrected chi connectivity index (χ1v) is 7.29. The number of benzene rings is 1. The number of thiazole rings is 1. The number of nitrogens with one attached hydrogen (secondary N) is 1. The second-order valence-electron chi connectivity index (χ2n) is 4.38. The highest BCUT2D eigenvalue weighted by Gasteiger charge is 2.02. The molecule has 2 aromatic rings. The minimum absolute atomic E-state index is 0.657. The van der Waals surface area contributed by atoms with Crippen LogP contribution in [0.1, 0.15) is 12.0 Å². The van der Waals surface area contributed by atoms with Crippen LogP contribution in [0.25, 0.3) is 10.2 Å². The van der Waals surface area contributed by atoms with Crippen LogP contribution in [0.4, 0.5) is 5.13 Å². The molecule has 0 spiro atoms. The van der Waals surface area contributed by atoms with Gasteiger partial charge in [0, 0.05) is 20.3 Å². The molecule has 0 fully saturated rings. The number of rotatable bonds is 8. The summed E-state index contributed by atoms with van der Waals surface area (Å²) in [6.07, 6.45) is 0.971. The number of anilines is 1. The lowest BCUT2D eigenvalue weighted by Gasteiger charge is -2.04. The quantitative estimate of drug-likeness (QED) is 0.755. The average molecular weight is 280 g/mol. The maximum absolute atomic E-state index is 5.40. The highest BCUT2D eigenvalue weighted by atomic mass is 32.1. The summed E-state index contributed by atoms with van der Waals surface area (Å²) >= 11 is 1.70. The molecule has 2 rings (SSSR count). The van der Waals surface area contributed by atoms with Gasteiger partial charge in [-0.25, -0.2) is 4.98 Å². The molecule has 0 atom stereocenters. The van der Waals surface area contributed by atoms with Gasteiger partial charge in [0.2, 0.25) is 0 Å². The van der Waals surface area contributed by atoms with E-state index in [2.05, 4.69) is 35.4 Å². The van der Waals surface area contributed by atoms with Crippen molar-refractivity contribution in [1.82, 2.24) is 4.98 Å². The Bertz CT molecular complexity index is 513. The molecule has 0 aliphatic carbocycles. The molecule has 1 aromatic carbocycles. The number of ether oxygens (including phenoxy) is 2. The summed E-state index contributed by atoms with van der Waals surface area (Å²) in [4.78, 5) is 4.55. The molecule has 0 amide bonds. The van der Waals surface area contributed by atoms with Crippen LogP contribution in [0.5, 0.6) is 0 Å². The minimum atomic E-state index is 0.657. The van der Waals surface area contributed by atoms with Gasteiger partial charge in [0.15, 0.2) is 5.13 Å². The molecule has 0 aliphatic heterocycles. The van der Waals surface area contributed by atoms with E-state index in [-0.39, 0.29) is 0 Å². The summed E-state index contributed by atoms with van der Waals surface area (Å²) in [5.74, 6) is 0. The molecular formula is C14H20N2O2S. The van der Waals surface area contributed by atoms with E-state index in [0.29, 0.717) is 13.2 Å². The van der Waals surface area contributed by atoms with Crippen molar-refractivity contribution in [2.24, 2.45) is 0 Å². The molecule has 0 saturated heterocycles. The van der Waals surface area contributed by atoms with Gasteiger partial charge in [-0.2, -0.15) is 0 Å². The number of aromatic nitrogens is 1. The van der Waals surface area contributed by atoms with Gasteiger partial charge in [0.1, 0.15) is 0 Å². The van der Waals surface area contributed by atoms with Crippen molar-refractivity contribution in [1.29, 1.82) is 0 Å². The standard InChI is InChI=1S/C14H20N2O2S/c1-11-4-5-12-13(10-11)19-14(16-12)15-6-3-7-18-9-8-17-2/h4-5,10H,3,6-9H2,1-2H3,(H,15,16). The zero-order valence-electron chi connectivity index (χ0n) is 11.4. The van der Waals surface area contributed by atoms with Crippen molar-refractivity contribution in [3.63, 3.8) is 0 Å². The van der Waals surface area contributed by atoms with Gasteiger partial charge in [0.05, 0.1) is 23.4 Å². The number of methoxy groups -OCH3 is 1. The average Bonchev–Trinajstić information content (AvgIpc) is 2.79. The molecule has 1 aromatic heterocycles. The Kier molecular flexibility index (Phi) is 5.57. The lowest BCUT2D eigenvalue weighted by molar-refractivity contribution is 0.0705. The van der Waals surface area contributed by atoms with Crippen LogP contribution in [0.15, 0.2) is 18.2 Å². The van der Waals surface area contributed by atoms with Crippen LogP contribution in [0.2, 0.25) is 0 Å². The highest BCUT2D eigenvalue weighted by molar-refractivity contribution is 7.22. The third-order valence-electron chi connectivity index (χ3n) is 2.72. The molecule has 4 nitrogen and oxygen atoms in total. The monoisotopic (exact) mass is 280 g/mol. The predicted octanol–water partition coefficient (Wildman–Crippen LogP) is 3.07. The summed E-state index contributed by atoms with van der Waals surface area (Å²) in [5.41, 5.74) is 2.34. The molecule has 0 radical (unpaired) electrons. The summed E-state index contributed by atoms with van der Waals surface area (Å²) in [7, 11) is 1.68. The van der Waals surface area contributed by atoms with Crippen LogP contribution >= 0.6 is 11.3 Å². The van der Waals surface area contributed by atoms with Gasteiger partial charge in [-0.1, -0.05) is 17.4 Å². The lowest BCUT2D eigenvalue weighted by Crippen LogP contribution is -2.08. The third-order valence-corrected chi connectivity index (χ3v) is 3.69. The SMILES string of the molecule is COCCOCCCNc1nc2ccc(C)cc2s1. The van der Waals surface area contributed by atoms with Gasteiger partial charge in [0.25, 0.3) is 0 Å². The van der Waals surface area contributed by atoms with Crippen molar-refractivity contribution in [3.8, 4) is 0 Å². The number of fused-ring (bicyclic) bond motifs is 1. The van der Waals surface area contributed by atoms with Crippen LogP contribution in [0.3, 0.4) is 0 Å². The molecule has 0 aliphatic rings. The van der Waals surface area contributed by atoms with E-state index in [1.165, 1.54) is 10.3 Å². The van der Waals surface area contributed by atoms with Crippen molar-refractivity contribution in [2.45, 2.75) is 13.3 Å². The molecular weight excluding hydrogens is 260 g/mol. The van der Waals surface area contributed by atoms with Crippen molar-refractivity contribution in [3.05, 3.63) is 23.8 Å². The second kappa shape index (κ2) is 7.43. The summed E-state index contributed by atoms with van der Waals surface area (Å²) in [5, 5.41) is 4.32.